The summed E-state index contributed by atoms with van der Waals surface area (Å²) in [6.45, 7) is -2.24. The molecular formula is C19H28N5O20P3. The van der Waals surface area contributed by atoms with E-state index in [0.717, 1.165) is 23.0 Å². The molecular weight excluding hydrogens is 711 g/mol. The Balaban J connectivity index is 1.31. The topological polar surface area (TPSA) is 359 Å². The Hall–Kier alpha value is -2.51. The monoisotopic (exact) mass is 739 g/mol. The first-order chi connectivity index (χ1) is 21.8. The van der Waals surface area contributed by atoms with E-state index in [2.05, 4.69) is 33.0 Å². The van der Waals surface area contributed by atoms with Crippen molar-refractivity contribution < 1.29 is 80.8 Å². The molecule has 4 rings (SSSR count). The summed E-state index contributed by atoms with van der Waals surface area (Å²) in [7, 11) is -16.1. The van der Waals surface area contributed by atoms with Gasteiger partial charge in [0.2, 0.25) is 0 Å². The molecule has 11 unspecified atom stereocenters. The van der Waals surface area contributed by atoms with Gasteiger partial charge in [-0.3, -0.25) is 32.8 Å². The van der Waals surface area contributed by atoms with Crippen LogP contribution < -0.4 is 22.4 Å². The van der Waals surface area contributed by atoms with Gasteiger partial charge in [-0.2, -0.15) is 13.6 Å². The van der Waals surface area contributed by atoms with Crippen molar-refractivity contribution in [2.75, 3.05) is 25.8 Å². The Bertz CT molecular complexity index is 1750. The van der Waals surface area contributed by atoms with Crippen LogP contribution in [0.4, 0.5) is 5.82 Å². The van der Waals surface area contributed by atoms with E-state index in [0.29, 0.717) is 4.57 Å². The minimum atomic E-state index is -5.99. The van der Waals surface area contributed by atoms with Crippen molar-refractivity contribution in [1.82, 2.24) is 19.1 Å². The van der Waals surface area contributed by atoms with E-state index in [9.17, 15) is 63.2 Å². The quantitative estimate of drug-likeness (QED) is 0.0666. The lowest BCUT2D eigenvalue weighted by atomic mass is 10.1. The summed E-state index contributed by atoms with van der Waals surface area (Å²) in [5, 5.41) is 41.0. The summed E-state index contributed by atoms with van der Waals surface area (Å²) in [6, 6.07) is 2.15. The normalized spacial score (nSPS) is 31.6. The largest absolute Gasteiger partial charge is 0.490 e. The van der Waals surface area contributed by atoms with E-state index in [1.807, 2.05) is 4.98 Å². The van der Waals surface area contributed by atoms with Crippen LogP contribution in [0.5, 0.6) is 0 Å². The fraction of sp³-hybridized carbons (Fsp3) is 0.579. The molecule has 9 N–H and O–H groups in total. The number of rotatable bonds is 14. The van der Waals surface area contributed by atoms with Gasteiger partial charge < -0.3 is 44.6 Å². The van der Waals surface area contributed by atoms with Gasteiger partial charge in [-0.05, 0) is 6.07 Å². The highest BCUT2D eigenvalue weighted by atomic mass is 31.3. The SMILES string of the molecule is CONc1ccn(C2OC(COP(=O)(O)OP(=O)(O)OP(=O)(O)OCC3OC(n4ccc(=O)[nH]c4=O)C(O)C3O)C(O)C2O)c(=O)n1. The number of hydrogen-bond donors (Lipinski definition) is 9. The molecule has 0 saturated carbocycles. The number of H-pyrrole nitrogens is 1. The number of aliphatic hydroxyl groups is 4. The highest BCUT2D eigenvalue weighted by Crippen LogP contribution is 2.67. The van der Waals surface area contributed by atoms with E-state index in [4.69, 9.17) is 9.47 Å². The van der Waals surface area contributed by atoms with E-state index in [-0.39, 0.29) is 5.82 Å². The third-order valence-corrected chi connectivity index (χ3v) is 10.6. The van der Waals surface area contributed by atoms with Crippen LogP contribution in [0.25, 0.3) is 0 Å². The van der Waals surface area contributed by atoms with Crippen LogP contribution >= 0.6 is 23.5 Å². The van der Waals surface area contributed by atoms with Crippen molar-refractivity contribution >= 4 is 29.3 Å². The maximum atomic E-state index is 12.3. The lowest BCUT2D eigenvalue weighted by molar-refractivity contribution is -0.0548. The summed E-state index contributed by atoms with van der Waals surface area (Å²) >= 11 is 0. The van der Waals surface area contributed by atoms with Crippen LogP contribution in [0.1, 0.15) is 12.5 Å². The number of nitrogens with zero attached hydrogens (tertiary/aromatic N) is 3. The van der Waals surface area contributed by atoms with Crippen LogP contribution in [-0.4, -0.2) is 111 Å². The van der Waals surface area contributed by atoms with Gasteiger partial charge in [-0.15, -0.1) is 0 Å². The number of phosphoric ester groups is 2. The van der Waals surface area contributed by atoms with Crippen LogP contribution in [0, 0.1) is 0 Å². The smallest absolute Gasteiger partial charge is 0.387 e. The van der Waals surface area contributed by atoms with Crippen molar-refractivity contribution in [1.29, 1.82) is 0 Å². The molecule has 2 aliphatic heterocycles. The number of ether oxygens (including phenoxy) is 2. The van der Waals surface area contributed by atoms with Gasteiger partial charge in [-0.1, -0.05) is 0 Å². The Morgan fingerprint density at radius 2 is 1.30 bits per heavy atom. The predicted molar refractivity (Wildman–Crippen MR) is 146 cm³/mol. The minimum Gasteiger partial charge on any atom is -0.387 e. The number of anilines is 1. The second-order valence-electron chi connectivity index (χ2n) is 9.58. The number of phosphoric acid groups is 3. The van der Waals surface area contributed by atoms with E-state index >= 15 is 0 Å². The van der Waals surface area contributed by atoms with Crippen molar-refractivity contribution in [2.45, 2.75) is 49.1 Å². The first-order valence-electron chi connectivity index (χ1n) is 12.8. The molecule has 264 valence electrons. The van der Waals surface area contributed by atoms with E-state index in [1.54, 1.807) is 0 Å². The van der Waals surface area contributed by atoms with Gasteiger partial charge in [0.1, 0.15) is 36.6 Å². The van der Waals surface area contributed by atoms with Crippen molar-refractivity contribution in [3.05, 3.63) is 55.8 Å². The molecule has 11 atom stereocenters. The Morgan fingerprint density at radius 1 is 0.809 bits per heavy atom. The van der Waals surface area contributed by atoms with Gasteiger partial charge in [0.25, 0.3) is 5.56 Å². The zero-order valence-electron chi connectivity index (χ0n) is 23.5. The molecule has 25 nitrogen and oxygen atoms in total. The van der Waals surface area contributed by atoms with Crippen molar-refractivity contribution in [3.63, 3.8) is 0 Å². The molecule has 2 aliphatic rings. The zero-order valence-corrected chi connectivity index (χ0v) is 26.1. The molecule has 2 aromatic heterocycles. The molecule has 2 aromatic rings. The number of aliphatic hydroxyl groups excluding tert-OH is 4. The number of hydrogen-bond acceptors (Lipinski definition) is 19. The minimum absolute atomic E-state index is 0.00828. The molecule has 0 bridgehead atoms. The summed E-state index contributed by atoms with van der Waals surface area (Å²) in [5.41, 5.74) is -0.497. The van der Waals surface area contributed by atoms with Crippen LogP contribution in [0.15, 0.2) is 38.9 Å². The van der Waals surface area contributed by atoms with Gasteiger partial charge in [0.05, 0.1) is 20.3 Å². The molecule has 0 aromatic carbocycles. The standard InChI is InChI=1S/C19H28N5O20P3/c1-38-22-10-2-4-23(18(30)20-10)16-14(28)12(26)8(41-16)6-39-45(32,33)43-47(36,37)44-46(34,35)40-7-9-13(27)15(29)17(42-9)24-5-3-11(25)21-19(24)31/h2-5,8-9,12-17,26-29H,6-7H2,1H3,(H,32,33)(H,34,35)(H,36,37)(H,20,22,30)(H,21,25,31). The third kappa shape index (κ3) is 9.14. The molecule has 0 aliphatic carbocycles. The number of aromatic amines is 1. The van der Waals surface area contributed by atoms with Crippen LogP contribution in [0.2, 0.25) is 0 Å². The second kappa shape index (κ2) is 14.5. The molecule has 4 heterocycles. The maximum Gasteiger partial charge on any atom is 0.490 e. The van der Waals surface area contributed by atoms with E-state index < -0.39 is 103 Å². The molecule has 0 radical (unpaired) electrons. The average molecular weight is 739 g/mol. The maximum absolute atomic E-state index is 12.3. The summed E-state index contributed by atoms with van der Waals surface area (Å²) in [6.07, 6.45) is -11.8. The van der Waals surface area contributed by atoms with Gasteiger partial charge in [-0.25, -0.2) is 28.8 Å². The van der Waals surface area contributed by atoms with Gasteiger partial charge >= 0.3 is 34.8 Å². The fourth-order valence-corrected chi connectivity index (χ4v) is 7.77. The molecule has 28 heteroatoms. The fourth-order valence-electron chi connectivity index (χ4n) is 4.25. The summed E-state index contributed by atoms with van der Waals surface area (Å²) in [4.78, 5) is 75.1. The first kappa shape index (κ1) is 37.3. The Labute approximate surface area is 260 Å². The van der Waals surface area contributed by atoms with Crippen molar-refractivity contribution in [3.8, 4) is 0 Å². The molecule has 2 saturated heterocycles. The predicted octanol–water partition coefficient (Wildman–Crippen LogP) is -3.63. The molecule has 47 heavy (non-hydrogen) atoms. The van der Waals surface area contributed by atoms with Gasteiger partial charge in [0.15, 0.2) is 18.3 Å². The second-order valence-corrected chi connectivity index (χ2v) is 14.2. The lowest BCUT2D eigenvalue weighted by Crippen LogP contribution is -2.37. The van der Waals surface area contributed by atoms with Gasteiger partial charge in [0, 0.05) is 18.5 Å². The average Bonchev–Trinajstić information content (AvgIpc) is 3.39. The number of aromatic nitrogens is 4. The molecule has 0 amide bonds. The van der Waals surface area contributed by atoms with E-state index in [1.165, 1.54) is 13.2 Å². The lowest BCUT2D eigenvalue weighted by Gasteiger charge is -2.21. The first-order valence-corrected chi connectivity index (χ1v) is 17.2. The van der Waals surface area contributed by atoms with Crippen LogP contribution in [-0.2, 0) is 45.7 Å². The summed E-state index contributed by atoms with van der Waals surface area (Å²) in [5.74, 6) is -0.00828. The third-order valence-electron chi connectivity index (χ3n) is 6.33. The molecule has 0 spiro atoms. The highest BCUT2D eigenvalue weighted by Gasteiger charge is 2.49. The van der Waals surface area contributed by atoms with Crippen LogP contribution in [0.3, 0.4) is 0 Å². The molecule has 2 fully saturated rings. The van der Waals surface area contributed by atoms with Crippen molar-refractivity contribution in [2.24, 2.45) is 0 Å². The number of nitrogens with one attached hydrogen (secondary N) is 2. The Kier molecular flexibility index (Phi) is 11.5. The summed E-state index contributed by atoms with van der Waals surface area (Å²) < 4.78 is 65.7. The zero-order chi connectivity index (χ0) is 34.9. The Morgan fingerprint density at radius 3 is 1.77 bits per heavy atom. The highest BCUT2D eigenvalue weighted by molar-refractivity contribution is 7.66.